The summed E-state index contributed by atoms with van der Waals surface area (Å²) in [7, 11) is 0. The highest BCUT2D eigenvalue weighted by Crippen LogP contribution is 2.48. The molecule has 2 aliphatic rings. The van der Waals surface area contributed by atoms with Crippen molar-refractivity contribution in [3.05, 3.63) is 0 Å². The first-order valence-electron chi connectivity index (χ1n) is 3.90. The van der Waals surface area contributed by atoms with E-state index in [1.54, 1.807) is 0 Å². The first-order chi connectivity index (χ1) is 4.54. The lowest BCUT2D eigenvalue weighted by Gasteiger charge is -2.37. The van der Waals surface area contributed by atoms with Crippen molar-refractivity contribution in [1.29, 1.82) is 0 Å². The number of fused-ring (bicyclic) bond motifs is 2. The van der Waals surface area contributed by atoms with Crippen molar-refractivity contribution in [2.75, 3.05) is 0 Å². The SMILES string of the molecule is NC1(N)CC2CCC1(N)C2. The van der Waals surface area contributed by atoms with Crippen molar-refractivity contribution in [2.45, 2.75) is 36.9 Å². The first kappa shape index (κ1) is 6.58. The van der Waals surface area contributed by atoms with Gasteiger partial charge in [0.05, 0.1) is 5.66 Å². The Morgan fingerprint density at radius 2 is 1.80 bits per heavy atom. The maximum atomic E-state index is 6.03. The Labute approximate surface area is 60.9 Å². The van der Waals surface area contributed by atoms with Crippen LogP contribution in [0.15, 0.2) is 0 Å². The third kappa shape index (κ3) is 0.603. The fraction of sp³-hybridized carbons (Fsp3) is 1.00. The van der Waals surface area contributed by atoms with E-state index < -0.39 is 5.66 Å². The topological polar surface area (TPSA) is 78.1 Å². The van der Waals surface area contributed by atoms with Crippen LogP contribution in [0.3, 0.4) is 0 Å². The molecule has 2 fully saturated rings. The van der Waals surface area contributed by atoms with Gasteiger partial charge in [0.2, 0.25) is 0 Å². The molecule has 0 radical (unpaired) electrons. The minimum atomic E-state index is -0.573. The van der Waals surface area contributed by atoms with Crippen LogP contribution in [0.1, 0.15) is 25.7 Å². The van der Waals surface area contributed by atoms with Crippen molar-refractivity contribution in [1.82, 2.24) is 0 Å². The maximum absolute atomic E-state index is 6.03. The predicted molar refractivity (Wildman–Crippen MR) is 40.0 cm³/mol. The highest BCUT2D eigenvalue weighted by Gasteiger charge is 2.55. The zero-order chi connectivity index (χ0) is 7.41. The largest absolute Gasteiger partial charge is 0.322 e. The summed E-state index contributed by atoms with van der Waals surface area (Å²) in [6.45, 7) is 0. The van der Waals surface area contributed by atoms with Crippen molar-refractivity contribution in [3.63, 3.8) is 0 Å². The fourth-order valence-corrected chi connectivity index (χ4v) is 2.46. The lowest BCUT2D eigenvalue weighted by Crippen LogP contribution is -2.68. The van der Waals surface area contributed by atoms with E-state index in [-0.39, 0.29) is 5.54 Å². The zero-order valence-corrected chi connectivity index (χ0v) is 6.14. The fourth-order valence-electron chi connectivity index (χ4n) is 2.46. The van der Waals surface area contributed by atoms with Crippen molar-refractivity contribution in [3.8, 4) is 0 Å². The molecule has 2 unspecified atom stereocenters. The number of hydrogen-bond acceptors (Lipinski definition) is 3. The van der Waals surface area contributed by atoms with Gasteiger partial charge in [-0.05, 0) is 31.6 Å². The van der Waals surface area contributed by atoms with Gasteiger partial charge in [0.15, 0.2) is 0 Å². The summed E-state index contributed by atoms with van der Waals surface area (Å²) in [5.74, 6) is 0.708. The van der Waals surface area contributed by atoms with Gasteiger partial charge in [0, 0.05) is 5.54 Å². The third-order valence-corrected chi connectivity index (χ3v) is 3.21. The summed E-state index contributed by atoms with van der Waals surface area (Å²) >= 11 is 0. The second-order valence-corrected chi connectivity index (χ2v) is 4.01. The molecular formula is C7H15N3. The molecule has 0 saturated heterocycles. The summed E-state index contributed by atoms with van der Waals surface area (Å²) in [4.78, 5) is 0. The molecule has 2 saturated carbocycles. The Bertz CT molecular complexity index is 164. The van der Waals surface area contributed by atoms with Crippen LogP contribution in [-0.4, -0.2) is 11.2 Å². The second kappa shape index (κ2) is 1.55. The van der Waals surface area contributed by atoms with Gasteiger partial charge < -0.3 is 17.2 Å². The third-order valence-electron chi connectivity index (χ3n) is 3.21. The predicted octanol–water partition coefficient (Wildman–Crippen LogP) is -0.499. The molecule has 0 aliphatic heterocycles. The van der Waals surface area contributed by atoms with Gasteiger partial charge in [-0.3, -0.25) is 0 Å². The van der Waals surface area contributed by atoms with Gasteiger partial charge in [0.1, 0.15) is 0 Å². The Morgan fingerprint density at radius 1 is 1.10 bits per heavy atom. The van der Waals surface area contributed by atoms with E-state index in [1.807, 2.05) is 0 Å². The van der Waals surface area contributed by atoms with Crippen LogP contribution in [0, 0.1) is 5.92 Å². The quantitative estimate of drug-likeness (QED) is 0.398. The van der Waals surface area contributed by atoms with Crippen LogP contribution in [0.5, 0.6) is 0 Å². The Hall–Kier alpha value is -0.120. The second-order valence-electron chi connectivity index (χ2n) is 4.01. The molecule has 10 heavy (non-hydrogen) atoms. The summed E-state index contributed by atoms with van der Waals surface area (Å²) in [6, 6.07) is 0. The van der Waals surface area contributed by atoms with Crippen LogP contribution >= 0.6 is 0 Å². The Kier molecular flexibility index (Phi) is 1.02. The molecular weight excluding hydrogens is 126 g/mol. The molecule has 2 aliphatic carbocycles. The number of nitrogens with two attached hydrogens (primary N) is 3. The summed E-state index contributed by atoms with van der Waals surface area (Å²) in [5.41, 5.74) is 16.9. The smallest absolute Gasteiger partial charge is 0.0824 e. The zero-order valence-electron chi connectivity index (χ0n) is 6.14. The van der Waals surface area contributed by atoms with E-state index in [1.165, 1.54) is 6.42 Å². The van der Waals surface area contributed by atoms with E-state index in [0.29, 0.717) is 5.92 Å². The highest BCUT2D eigenvalue weighted by molar-refractivity contribution is 5.15. The lowest BCUT2D eigenvalue weighted by molar-refractivity contribution is 0.237. The number of rotatable bonds is 0. The normalized spacial score (nSPS) is 50.1. The van der Waals surface area contributed by atoms with Crippen LogP contribution in [0.2, 0.25) is 0 Å². The van der Waals surface area contributed by atoms with Crippen molar-refractivity contribution < 1.29 is 0 Å². The van der Waals surface area contributed by atoms with E-state index in [9.17, 15) is 0 Å². The van der Waals surface area contributed by atoms with Gasteiger partial charge in [-0.15, -0.1) is 0 Å². The van der Waals surface area contributed by atoms with Crippen molar-refractivity contribution >= 4 is 0 Å². The van der Waals surface area contributed by atoms with E-state index >= 15 is 0 Å². The van der Waals surface area contributed by atoms with Crippen LogP contribution < -0.4 is 17.2 Å². The molecule has 2 atom stereocenters. The highest BCUT2D eigenvalue weighted by atomic mass is 15.1. The van der Waals surface area contributed by atoms with E-state index in [2.05, 4.69) is 0 Å². The summed E-state index contributed by atoms with van der Waals surface area (Å²) < 4.78 is 0. The van der Waals surface area contributed by atoms with Crippen molar-refractivity contribution in [2.24, 2.45) is 23.1 Å². The Morgan fingerprint density at radius 3 is 2.00 bits per heavy atom. The molecule has 2 rings (SSSR count). The molecule has 58 valence electrons. The van der Waals surface area contributed by atoms with Gasteiger partial charge in [-0.25, -0.2) is 0 Å². The number of hydrogen-bond donors (Lipinski definition) is 3. The van der Waals surface area contributed by atoms with Gasteiger partial charge in [0.25, 0.3) is 0 Å². The van der Waals surface area contributed by atoms with Crippen LogP contribution in [-0.2, 0) is 0 Å². The summed E-state index contributed by atoms with van der Waals surface area (Å²) in [5, 5.41) is 0. The molecule has 0 heterocycles. The van der Waals surface area contributed by atoms with Crippen LogP contribution in [0.4, 0.5) is 0 Å². The Balaban J connectivity index is 2.31. The van der Waals surface area contributed by atoms with Gasteiger partial charge in [-0.2, -0.15) is 0 Å². The minimum absolute atomic E-state index is 0.238. The molecule has 3 heteroatoms. The molecule has 3 nitrogen and oxygen atoms in total. The molecule has 0 aromatic carbocycles. The maximum Gasteiger partial charge on any atom is 0.0824 e. The summed E-state index contributed by atoms with van der Waals surface area (Å²) in [6.07, 6.45) is 4.21. The molecule has 0 spiro atoms. The van der Waals surface area contributed by atoms with Crippen LogP contribution in [0.25, 0.3) is 0 Å². The first-order valence-corrected chi connectivity index (χ1v) is 3.90. The van der Waals surface area contributed by atoms with E-state index in [0.717, 1.165) is 19.3 Å². The van der Waals surface area contributed by atoms with Gasteiger partial charge >= 0.3 is 0 Å². The average Bonchev–Trinajstić information content (AvgIpc) is 2.18. The molecule has 0 aromatic rings. The molecule has 6 N–H and O–H groups in total. The minimum Gasteiger partial charge on any atom is -0.322 e. The molecule has 2 bridgehead atoms. The van der Waals surface area contributed by atoms with E-state index in [4.69, 9.17) is 17.2 Å². The standard InChI is InChI=1S/C7H15N3/c8-6-2-1-5(3-6)4-7(6,9)10/h5H,1-4,8-10H2. The van der Waals surface area contributed by atoms with Gasteiger partial charge in [-0.1, -0.05) is 0 Å². The molecule has 0 aromatic heterocycles. The average molecular weight is 141 g/mol. The monoisotopic (exact) mass is 141 g/mol. The molecule has 0 amide bonds. The lowest BCUT2D eigenvalue weighted by atomic mass is 9.84.